The minimum absolute atomic E-state index is 0.00822. The summed E-state index contributed by atoms with van der Waals surface area (Å²) in [4.78, 5) is 29.6. The average Bonchev–Trinajstić information content (AvgIpc) is 3.21. The van der Waals surface area contributed by atoms with Gasteiger partial charge in [-0.1, -0.05) is 61.9 Å². The maximum Gasteiger partial charge on any atom is 0.268 e. The highest BCUT2D eigenvalue weighted by atomic mass is 32.2. The van der Waals surface area contributed by atoms with Crippen molar-refractivity contribution in [1.29, 1.82) is 0 Å². The van der Waals surface area contributed by atoms with Crippen molar-refractivity contribution < 1.29 is 9.59 Å². The summed E-state index contributed by atoms with van der Waals surface area (Å²) in [6.07, 6.45) is 0.468. The van der Waals surface area contributed by atoms with Gasteiger partial charge in [-0.15, -0.1) is 11.8 Å². The summed E-state index contributed by atoms with van der Waals surface area (Å²) >= 11 is 1.60. The molecule has 4 rings (SSSR count). The minimum Gasteiger partial charge on any atom is -0.315 e. The van der Waals surface area contributed by atoms with Crippen LogP contribution in [0, 0.1) is 12.8 Å². The van der Waals surface area contributed by atoms with E-state index in [4.69, 9.17) is 0 Å². The van der Waals surface area contributed by atoms with Crippen LogP contribution in [0.5, 0.6) is 0 Å². The van der Waals surface area contributed by atoms with Crippen LogP contribution in [0.3, 0.4) is 0 Å². The van der Waals surface area contributed by atoms with Crippen LogP contribution >= 0.6 is 11.8 Å². The molecule has 2 heterocycles. The molecule has 5 heteroatoms. The van der Waals surface area contributed by atoms with Crippen molar-refractivity contribution in [3.05, 3.63) is 65.2 Å². The number of hydrogen-bond donors (Lipinski definition) is 0. The van der Waals surface area contributed by atoms with Crippen molar-refractivity contribution in [1.82, 2.24) is 4.90 Å². The molecule has 2 amide bonds. The highest BCUT2D eigenvalue weighted by Gasteiger charge is 2.59. The Kier molecular flexibility index (Phi) is 4.96. The third kappa shape index (κ3) is 3.02. The van der Waals surface area contributed by atoms with E-state index in [0.717, 1.165) is 22.6 Å². The van der Waals surface area contributed by atoms with E-state index in [1.165, 1.54) is 5.56 Å². The SMILES string of the molecule is Cc1ccc(CN2C(=O)[C@@]3(SCCN3C(=O)CC(C)C)c3ccccc32)cc1. The topological polar surface area (TPSA) is 40.6 Å². The van der Waals surface area contributed by atoms with Crippen LogP contribution in [-0.2, 0) is 21.0 Å². The fraction of sp³-hybridized carbons (Fsp3) is 0.391. The Bertz CT molecular complexity index is 909. The molecule has 0 saturated carbocycles. The van der Waals surface area contributed by atoms with E-state index in [1.807, 2.05) is 47.9 Å². The largest absolute Gasteiger partial charge is 0.315 e. The third-order valence-corrected chi connectivity index (χ3v) is 6.87. The van der Waals surface area contributed by atoms with Gasteiger partial charge >= 0.3 is 0 Å². The van der Waals surface area contributed by atoms with Gasteiger partial charge in [-0.05, 0) is 24.5 Å². The van der Waals surface area contributed by atoms with Crippen LogP contribution in [-0.4, -0.2) is 29.0 Å². The summed E-state index contributed by atoms with van der Waals surface area (Å²) in [5, 5.41) is 0. The number of fused-ring (bicyclic) bond motifs is 2. The Morgan fingerprint density at radius 3 is 2.57 bits per heavy atom. The Morgan fingerprint density at radius 2 is 1.86 bits per heavy atom. The van der Waals surface area contributed by atoms with Crippen LogP contribution in [0.2, 0.25) is 0 Å². The molecule has 1 fully saturated rings. The first-order chi connectivity index (χ1) is 13.4. The van der Waals surface area contributed by atoms with Crippen molar-refractivity contribution >= 4 is 29.3 Å². The van der Waals surface area contributed by atoms with E-state index < -0.39 is 4.87 Å². The van der Waals surface area contributed by atoms with Gasteiger partial charge in [0, 0.05) is 24.3 Å². The molecule has 28 heavy (non-hydrogen) atoms. The summed E-state index contributed by atoms with van der Waals surface area (Å²) in [7, 11) is 0. The van der Waals surface area contributed by atoms with Gasteiger partial charge in [0.25, 0.3) is 5.91 Å². The molecule has 2 aromatic rings. The second-order valence-corrected chi connectivity index (χ2v) is 9.32. The van der Waals surface area contributed by atoms with Crippen LogP contribution in [0.25, 0.3) is 0 Å². The number of carbonyl (C=O) groups is 2. The van der Waals surface area contributed by atoms with Crippen molar-refractivity contribution in [3.63, 3.8) is 0 Å². The summed E-state index contributed by atoms with van der Waals surface area (Å²) in [5.41, 5.74) is 4.16. The van der Waals surface area contributed by atoms with Gasteiger partial charge in [-0.25, -0.2) is 0 Å². The number of para-hydroxylation sites is 1. The lowest BCUT2D eigenvalue weighted by atomic mass is 10.0. The molecule has 1 spiro atoms. The number of anilines is 1. The number of hydrogen-bond acceptors (Lipinski definition) is 3. The zero-order chi connectivity index (χ0) is 19.9. The Labute approximate surface area is 170 Å². The summed E-state index contributed by atoms with van der Waals surface area (Å²) < 4.78 is 0. The number of rotatable bonds is 4. The van der Waals surface area contributed by atoms with Gasteiger partial charge < -0.3 is 9.80 Å². The van der Waals surface area contributed by atoms with E-state index >= 15 is 0 Å². The van der Waals surface area contributed by atoms with Crippen molar-refractivity contribution in [2.45, 2.75) is 38.6 Å². The Balaban J connectivity index is 1.74. The van der Waals surface area contributed by atoms with Crippen LogP contribution in [0.1, 0.15) is 37.0 Å². The third-order valence-electron chi connectivity index (χ3n) is 5.45. The molecule has 146 valence electrons. The summed E-state index contributed by atoms with van der Waals surface area (Å²) in [5.74, 6) is 1.13. The van der Waals surface area contributed by atoms with E-state index in [2.05, 4.69) is 31.2 Å². The van der Waals surface area contributed by atoms with E-state index in [0.29, 0.717) is 19.5 Å². The van der Waals surface area contributed by atoms with Gasteiger partial charge in [0.1, 0.15) is 0 Å². The smallest absolute Gasteiger partial charge is 0.268 e. The first-order valence-corrected chi connectivity index (χ1v) is 10.8. The molecule has 0 N–H and O–H groups in total. The Hall–Kier alpha value is -2.27. The maximum absolute atomic E-state index is 13.8. The van der Waals surface area contributed by atoms with Crippen LogP contribution < -0.4 is 4.90 Å². The molecule has 0 radical (unpaired) electrons. The first-order valence-electron chi connectivity index (χ1n) is 9.85. The molecule has 0 unspecified atom stereocenters. The molecule has 4 nitrogen and oxygen atoms in total. The standard InChI is InChI=1S/C23H26N2O2S/c1-16(2)14-21(26)25-12-13-28-23(25)19-6-4-5-7-20(19)24(22(23)27)15-18-10-8-17(3)9-11-18/h4-11,16H,12-15H2,1-3H3/t23-/m0/s1. The minimum atomic E-state index is -0.909. The predicted octanol–water partition coefficient (Wildman–Crippen LogP) is 4.32. The molecule has 0 aromatic heterocycles. The van der Waals surface area contributed by atoms with Crippen molar-refractivity contribution in [2.75, 3.05) is 17.2 Å². The number of amides is 2. The van der Waals surface area contributed by atoms with Crippen LogP contribution in [0.4, 0.5) is 5.69 Å². The van der Waals surface area contributed by atoms with Crippen molar-refractivity contribution in [2.24, 2.45) is 5.92 Å². The summed E-state index contributed by atoms with van der Waals surface area (Å²) in [6.45, 7) is 7.28. The molecule has 1 atom stereocenters. The second kappa shape index (κ2) is 7.28. The quantitative estimate of drug-likeness (QED) is 0.776. The molecule has 0 aliphatic carbocycles. The molecular weight excluding hydrogens is 368 g/mol. The number of carbonyl (C=O) groups excluding carboxylic acids is 2. The van der Waals surface area contributed by atoms with E-state index in [-0.39, 0.29) is 17.7 Å². The number of nitrogens with zero attached hydrogens (tertiary/aromatic N) is 2. The normalized spacial score (nSPS) is 21.1. The maximum atomic E-state index is 13.8. The highest BCUT2D eigenvalue weighted by molar-refractivity contribution is 8.01. The van der Waals surface area contributed by atoms with Crippen LogP contribution in [0.15, 0.2) is 48.5 Å². The Morgan fingerprint density at radius 1 is 1.14 bits per heavy atom. The molecule has 0 bridgehead atoms. The fourth-order valence-corrected chi connectivity index (χ4v) is 5.60. The zero-order valence-electron chi connectivity index (χ0n) is 16.6. The predicted molar refractivity (Wildman–Crippen MR) is 114 cm³/mol. The monoisotopic (exact) mass is 394 g/mol. The molecule has 2 aromatic carbocycles. The highest BCUT2D eigenvalue weighted by Crippen LogP contribution is 2.54. The summed E-state index contributed by atoms with van der Waals surface area (Å²) in [6, 6.07) is 16.2. The lowest BCUT2D eigenvalue weighted by molar-refractivity contribution is -0.140. The van der Waals surface area contributed by atoms with Gasteiger partial charge in [0.05, 0.1) is 12.2 Å². The molecule has 1 saturated heterocycles. The van der Waals surface area contributed by atoms with Crippen molar-refractivity contribution in [3.8, 4) is 0 Å². The zero-order valence-corrected chi connectivity index (χ0v) is 17.5. The van der Waals surface area contributed by atoms with Gasteiger partial charge in [0.2, 0.25) is 5.91 Å². The fourth-order valence-electron chi connectivity index (χ4n) is 4.12. The average molecular weight is 395 g/mol. The number of thioether (sulfide) groups is 1. The molecule has 2 aliphatic rings. The molecular formula is C23H26N2O2S. The van der Waals surface area contributed by atoms with Gasteiger partial charge in [0.15, 0.2) is 4.87 Å². The van der Waals surface area contributed by atoms with Gasteiger partial charge in [-0.2, -0.15) is 0 Å². The van der Waals surface area contributed by atoms with E-state index in [9.17, 15) is 9.59 Å². The second-order valence-electron chi connectivity index (χ2n) is 8.03. The first kappa shape index (κ1) is 19.1. The number of aryl methyl sites for hydroxylation is 1. The number of benzene rings is 2. The van der Waals surface area contributed by atoms with Gasteiger partial charge in [-0.3, -0.25) is 9.59 Å². The molecule has 2 aliphatic heterocycles. The lowest BCUT2D eigenvalue weighted by Gasteiger charge is -2.33. The van der Waals surface area contributed by atoms with E-state index in [1.54, 1.807) is 11.8 Å². The lowest BCUT2D eigenvalue weighted by Crippen LogP contribution is -2.50.